The van der Waals surface area contributed by atoms with Crippen LogP contribution in [0, 0.1) is 6.92 Å². The molecule has 2 unspecified atom stereocenters. The van der Waals surface area contributed by atoms with Crippen molar-refractivity contribution in [2.45, 2.75) is 50.3 Å². The lowest BCUT2D eigenvalue weighted by Gasteiger charge is -2.33. The van der Waals surface area contributed by atoms with Gasteiger partial charge in [0, 0.05) is 5.56 Å². The normalized spacial score (nSPS) is 18.3. The summed E-state index contributed by atoms with van der Waals surface area (Å²) in [6, 6.07) is 12.1. The number of carbonyl (C=O) groups excluding carboxylic acids is 2. The highest BCUT2D eigenvalue weighted by Crippen LogP contribution is 2.38. The van der Waals surface area contributed by atoms with Crippen LogP contribution in [-0.2, 0) is 34.2 Å². The van der Waals surface area contributed by atoms with E-state index in [1.54, 1.807) is 24.3 Å². The van der Waals surface area contributed by atoms with Crippen LogP contribution in [-0.4, -0.2) is 37.1 Å². The Kier molecular flexibility index (Phi) is 6.72. The Labute approximate surface area is 201 Å². The van der Waals surface area contributed by atoms with Crippen molar-refractivity contribution in [1.29, 1.82) is 0 Å². The highest BCUT2D eigenvalue weighted by molar-refractivity contribution is 7.91. The summed E-state index contributed by atoms with van der Waals surface area (Å²) in [7, 11) is 0. The number of nitrogens with zero attached hydrogens (tertiary/aromatic N) is 2. The van der Waals surface area contributed by atoms with Crippen LogP contribution < -0.4 is 5.32 Å². The Morgan fingerprint density at radius 3 is 2.62 bits per heavy atom. The smallest absolute Gasteiger partial charge is 0.229 e. The maximum absolute atomic E-state index is 13.5. The topological polar surface area (TPSA) is 115 Å². The van der Waals surface area contributed by atoms with E-state index in [4.69, 9.17) is 0 Å². The first-order valence-corrected chi connectivity index (χ1v) is 12.5. The van der Waals surface area contributed by atoms with Crippen molar-refractivity contribution in [2.24, 2.45) is 0 Å². The molecule has 0 fully saturated rings. The monoisotopic (exact) mass is 477 g/mol. The van der Waals surface area contributed by atoms with Gasteiger partial charge < -0.3 is 15.0 Å². The second-order valence-electron chi connectivity index (χ2n) is 8.71. The van der Waals surface area contributed by atoms with E-state index in [0.29, 0.717) is 41.4 Å². The molecule has 1 amide bonds. The zero-order valence-corrected chi connectivity index (χ0v) is 20.2. The standard InChI is InChI=1S/C26H27N3O4S/c1-4-34(33)19-8-5-17(6-9-19)14-23(31)29-22-13-16(2)24-20(28-22)11-12-26(3,25(24)32)21-10-7-18(30)15-27-21/h5-10,13,15,30H,4,11-12,14H2,1-3H3,(H,28,29,31). The molecular formula is C26H27N3O4S. The largest absolute Gasteiger partial charge is 0.611 e. The van der Waals surface area contributed by atoms with Crippen LogP contribution in [0.25, 0.3) is 0 Å². The van der Waals surface area contributed by atoms with Crippen LogP contribution >= 0.6 is 0 Å². The van der Waals surface area contributed by atoms with Gasteiger partial charge in [0.15, 0.2) is 10.7 Å². The average molecular weight is 478 g/mol. The Morgan fingerprint density at radius 1 is 1.24 bits per heavy atom. The van der Waals surface area contributed by atoms with E-state index < -0.39 is 16.6 Å². The number of nitrogens with one attached hydrogen (secondary N) is 1. The molecule has 0 saturated heterocycles. The summed E-state index contributed by atoms with van der Waals surface area (Å²) >= 11 is -1.02. The molecule has 34 heavy (non-hydrogen) atoms. The Morgan fingerprint density at radius 2 is 1.97 bits per heavy atom. The summed E-state index contributed by atoms with van der Waals surface area (Å²) in [5, 5.41) is 12.4. The number of ketones is 1. The van der Waals surface area contributed by atoms with Crippen molar-refractivity contribution in [3.63, 3.8) is 0 Å². The van der Waals surface area contributed by atoms with Crippen molar-refractivity contribution in [1.82, 2.24) is 9.97 Å². The van der Waals surface area contributed by atoms with Crippen LogP contribution in [0.2, 0.25) is 0 Å². The molecule has 0 radical (unpaired) electrons. The number of benzene rings is 1. The number of fused-ring (bicyclic) bond motifs is 1. The molecule has 8 heteroatoms. The number of aromatic nitrogens is 2. The van der Waals surface area contributed by atoms with Crippen molar-refractivity contribution in [3.8, 4) is 5.75 Å². The van der Waals surface area contributed by atoms with Crippen LogP contribution in [0.5, 0.6) is 5.75 Å². The first-order valence-electron chi connectivity index (χ1n) is 11.2. The zero-order chi connectivity index (χ0) is 24.5. The number of hydrogen-bond acceptors (Lipinski definition) is 6. The molecule has 1 aromatic carbocycles. The third-order valence-corrected chi connectivity index (χ3v) is 7.60. The summed E-state index contributed by atoms with van der Waals surface area (Å²) in [4.78, 5) is 35.7. The maximum Gasteiger partial charge on any atom is 0.229 e. The molecule has 176 valence electrons. The first-order chi connectivity index (χ1) is 16.2. The predicted octanol–water partition coefficient (Wildman–Crippen LogP) is 3.89. The fraction of sp³-hybridized carbons (Fsp3) is 0.308. The second-order valence-corrected chi connectivity index (χ2v) is 10.5. The van der Waals surface area contributed by atoms with Crippen molar-refractivity contribution >= 4 is 28.7 Å². The van der Waals surface area contributed by atoms with Crippen LogP contribution in [0.1, 0.15) is 53.1 Å². The van der Waals surface area contributed by atoms with Gasteiger partial charge in [-0.25, -0.2) is 4.98 Å². The number of rotatable bonds is 6. The molecule has 1 aliphatic rings. The number of aryl methyl sites for hydroxylation is 2. The van der Waals surface area contributed by atoms with Crippen molar-refractivity contribution < 1.29 is 19.2 Å². The molecule has 0 aliphatic heterocycles. The minimum Gasteiger partial charge on any atom is -0.611 e. The Hall–Kier alpha value is -3.23. The number of carbonyl (C=O) groups is 2. The molecule has 0 saturated carbocycles. The minimum atomic E-state index is -1.02. The highest BCUT2D eigenvalue weighted by Gasteiger charge is 2.42. The van der Waals surface area contributed by atoms with Gasteiger partial charge in [-0.15, -0.1) is 0 Å². The fourth-order valence-corrected chi connectivity index (χ4v) is 5.08. The van der Waals surface area contributed by atoms with Crippen molar-refractivity contribution in [3.05, 3.63) is 76.7 Å². The summed E-state index contributed by atoms with van der Waals surface area (Å²) in [6.45, 7) is 5.58. The SMILES string of the molecule is CC[S+]([O-])c1ccc(CC(=O)Nc2cc(C)c3c(n2)CCC(C)(c2ccc(O)cn2)C3=O)cc1. The van der Waals surface area contributed by atoms with E-state index in [2.05, 4.69) is 15.3 Å². The molecule has 0 spiro atoms. The van der Waals surface area contributed by atoms with Crippen molar-refractivity contribution in [2.75, 3.05) is 11.1 Å². The van der Waals surface area contributed by atoms with Gasteiger partial charge in [-0.3, -0.25) is 14.6 Å². The molecule has 2 N–H and O–H groups in total. The molecular weight excluding hydrogens is 450 g/mol. The summed E-state index contributed by atoms with van der Waals surface area (Å²) in [5.74, 6) is 0.761. The number of Topliss-reactive ketones (excluding diaryl/α,β-unsaturated/α-hetero) is 1. The van der Waals surface area contributed by atoms with Gasteiger partial charge >= 0.3 is 0 Å². The van der Waals surface area contributed by atoms with Gasteiger partial charge in [0.1, 0.15) is 17.3 Å². The molecule has 4 rings (SSSR count). The van der Waals surface area contributed by atoms with Crippen LogP contribution in [0.4, 0.5) is 5.82 Å². The molecule has 2 aromatic heterocycles. The summed E-state index contributed by atoms with van der Waals surface area (Å²) in [5.41, 5.74) is 2.62. The van der Waals surface area contributed by atoms with Gasteiger partial charge in [-0.2, -0.15) is 0 Å². The van der Waals surface area contributed by atoms with Gasteiger partial charge in [-0.1, -0.05) is 12.1 Å². The van der Waals surface area contributed by atoms with Gasteiger partial charge in [0.25, 0.3) is 0 Å². The number of aromatic hydroxyl groups is 1. The zero-order valence-electron chi connectivity index (χ0n) is 19.4. The quantitative estimate of drug-likeness (QED) is 0.521. The minimum absolute atomic E-state index is 0.0561. The van der Waals surface area contributed by atoms with E-state index in [1.165, 1.54) is 12.3 Å². The summed E-state index contributed by atoms with van der Waals surface area (Å²) in [6.07, 6.45) is 2.62. The Balaban J connectivity index is 1.50. The van der Waals surface area contributed by atoms with Gasteiger partial charge in [-0.05, 0) is 86.2 Å². The molecule has 7 nitrogen and oxygen atoms in total. The van der Waals surface area contributed by atoms with Crippen LogP contribution in [0.15, 0.2) is 53.6 Å². The number of amides is 1. The average Bonchev–Trinajstić information content (AvgIpc) is 2.81. The van der Waals surface area contributed by atoms with E-state index in [-0.39, 0.29) is 23.9 Å². The lowest BCUT2D eigenvalue weighted by Crippen LogP contribution is -2.39. The van der Waals surface area contributed by atoms with E-state index in [9.17, 15) is 19.2 Å². The van der Waals surface area contributed by atoms with Crippen LogP contribution in [0.3, 0.4) is 0 Å². The third-order valence-electron chi connectivity index (χ3n) is 6.28. The third kappa shape index (κ3) is 4.69. The predicted molar refractivity (Wildman–Crippen MR) is 131 cm³/mol. The van der Waals surface area contributed by atoms with E-state index in [1.807, 2.05) is 32.9 Å². The number of pyridine rings is 2. The lowest BCUT2D eigenvalue weighted by molar-refractivity contribution is -0.115. The number of anilines is 1. The maximum atomic E-state index is 13.5. The van der Waals surface area contributed by atoms with E-state index >= 15 is 0 Å². The number of hydrogen-bond donors (Lipinski definition) is 2. The molecule has 3 aromatic rings. The van der Waals surface area contributed by atoms with E-state index in [0.717, 1.165) is 16.0 Å². The Bertz CT molecular complexity index is 1230. The summed E-state index contributed by atoms with van der Waals surface area (Å²) < 4.78 is 11.9. The second kappa shape index (κ2) is 9.56. The highest BCUT2D eigenvalue weighted by atomic mass is 32.2. The van der Waals surface area contributed by atoms with Gasteiger partial charge in [0.2, 0.25) is 5.91 Å². The van der Waals surface area contributed by atoms with Gasteiger partial charge in [0.05, 0.1) is 29.4 Å². The molecule has 0 bridgehead atoms. The fourth-order valence-electron chi connectivity index (χ4n) is 4.31. The molecule has 1 aliphatic carbocycles. The first kappa shape index (κ1) is 23.9. The molecule has 2 atom stereocenters. The molecule has 2 heterocycles. The lowest BCUT2D eigenvalue weighted by atomic mass is 9.70.